The summed E-state index contributed by atoms with van der Waals surface area (Å²) in [5.41, 5.74) is 1.14. The van der Waals surface area contributed by atoms with Crippen LogP contribution in [0.5, 0.6) is 0 Å². The molecule has 1 unspecified atom stereocenters. The summed E-state index contributed by atoms with van der Waals surface area (Å²) in [6.07, 6.45) is 6.02. The molecule has 0 aliphatic rings. The van der Waals surface area contributed by atoms with Crippen molar-refractivity contribution < 1.29 is 9.53 Å². The number of Topliss-reactive ketones (excluding diaryl/α,β-unsaturated/α-hetero) is 1. The minimum absolute atomic E-state index is 0.143. The number of methoxy groups -OCH3 is 1. The molecule has 1 aromatic carbocycles. The summed E-state index contributed by atoms with van der Waals surface area (Å²) in [6.45, 7) is 8.01. The van der Waals surface area contributed by atoms with Crippen LogP contribution in [0.1, 0.15) is 38.7 Å². The number of benzene rings is 1. The zero-order chi connectivity index (χ0) is 15.7. The van der Waals surface area contributed by atoms with E-state index in [0.29, 0.717) is 31.0 Å². The number of carbonyl (C=O) groups is 1. The average molecular weight is 286 g/mol. The van der Waals surface area contributed by atoms with Gasteiger partial charge in [0.2, 0.25) is 0 Å². The first-order valence-corrected chi connectivity index (χ1v) is 7.48. The van der Waals surface area contributed by atoms with Gasteiger partial charge in [-0.3, -0.25) is 4.79 Å². The molecule has 0 heterocycles. The average Bonchev–Trinajstić information content (AvgIpc) is 2.44. The zero-order valence-electron chi connectivity index (χ0n) is 13.3. The lowest BCUT2D eigenvalue weighted by Gasteiger charge is -2.14. The fourth-order valence-electron chi connectivity index (χ4n) is 2.23. The van der Waals surface area contributed by atoms with E-state index in [1.165, 1.54) is 0 Å². The molecule has 0 N–H and O–H groups in total. The van der Waals surface area contributed by atoms with Crippen molar-refractivity contribution in [1.82, 2.24) is 0 Å². The molecule has 0 aliphatic carbocycles. The van der Waals surface area contributed by atoms with Crippen molar-refractivity contribution in [2.75, 3.05) is 7.11 Å². The lowest BCUT2D eigenvalue weighted by molar-refractivity contribution is -0.120. The van der Waals surface area contributed by atoms with E-state index in [1.807, 2.05) is 18.2 Å². The van der Waals surface area contributed by atoms with E-state index in [1.54, 1.807) is 7.11 Å². The molecular formula is C19H26O2. The lowest BCUT2D eigenvalue weighted by atomic mass is 9.93. The predicted octanol–water partition coefficient (Wildman–Crippen LogP) is 4.87. The van der Waals surface area contributed by atoms with Crippen molar-refractivity contribution in [1.29, 1.82) is 0 Å². The van der Waals surface area contributed by atoms with Gasteiger partial charge in [0.15, 0.2) is 0 Å². The van der Waals surface area contributed by atoms with E-state index in [0.717, 1.165) is 11.3 Å². The molecule has 21 heavy (non-hydrogen) atoms. The Kier molecular flexibility index (Phi) is 7.52. The molecule has 1 aromatic rings. The quantitative estimate of drug-likeness (QED) is 0.605. The predicted molar refractivity (Wildman–Crippen MR) is 88.8 cm³/mol. The van der Waals surface area contributed by atoms with Gasteiger partial charge in [-0.2, -0.15) is 0 Å². The molecule has 2 nitrogen and oxygen atoms in total. The standard InChI is InChI=1S/C19H26O2/c1-15(2)12-19(20)14-18(13-16(3)21-4)11-10-17-8-6-5-7-9-17/h5-11,15,18H,3,12-14H2,1-2,4H3/b11-10+. The Morgan fingerprint density at radius 2 is 1.86 bits per heavy atom. The number of ether oxygens (including phenoxy) is 1. The smallest absolute Gasteiger partial charge is 0.133 e. The first kappa shape index (κ1) is 17.2. The van der Waals surface area contributed by atoms with Gasteiger partial charge in [-0.25, -0.2) is 0 Å². The van der Waals surface area contributed by atoms with E-state index in [2.05, 4.69) is 44.7 Å². The number of carbonyl (C=O) groups excluding carboxylic acids is 1. The van der Waals surface area contributed by atoms with Gasteiger partial charge in [-0.15, -0.1) is 0 Å². The molecule has 0 radical (unpaired) electrons. The first-order valence-electron chi connectivity index (χ1n) is 7.48. The fourth-order valence-corrected chi connectivity index (χ4v) is 2.23. The van der Waals surface area contributed by atoms with Crippen LogP contribution in [0.2, 0.25) is 0 Å². The first-order chi connectivity index (χ1) is 10.0. The van der Waals surface area contributed by atoms with Crippen molar-refractivity contribution in [3.8, 4) is 0 Å². The molecule has 114 valence electrons. The third-order valence-electron chi connectivity index (χ3n) is 3.26. The Hall–Kier alpha value is -1.83. The highest BCUT2D eigenvalue weighted by Gasteiger charge is 2.14. The third kappa shape index (κ3) is 7.50. The highest BCUT2D eigenvalue weighted by molar-refractivity contribution is 5.79. The molecule has 0 bridgehead atoms. The van der Waals surface area contributed by atoms with Crippen LogP contribution < -0.4 is 0 Å². The molecule has 2 heteroatoms. The zero-order valence-corrected chi connectivity index (χ0v) is 13.3. The Balaban J connectivity index is 2.70. The van der Waals surface area contributed by atoms with Gasteiger partial charge in [-0.1, -0.05) is 62.9 Å². The van der Waals surface area contributed by atoms with Gasteiger partial charge in [0.25, 0.3) is 0 Å². The van der Waals surface area contributed by atoms with E-state index in [9.17, 15) is 4.79 Å². The van der Waals surface area contributed by atoms with E-state index in [-0.39, 0.29) is 5.92 Å². The maximum atomic E-state index is 12.0. The molecule has 0 saturated heterocycles. The van der Waals surface area contributed by atoms with Crippen molar-refractivity contribution in [2.45, 2.75) is 33.1 Å². The number of hydrogen-bond acceptors (Lipinski definition) is 2. The van der Waals surface area contributed by atoms with Crippen molar-refractivity contribution in [3.05, 3.63) is 54.3 Å². The van der Waals surface area contributed by atoms with Crippen molar-refractivity contribution in [3.63, 3.8) is 0 Å². The van der Waals surface area contributed by atoms with Gasteiger partial charge in [0.05, 0.1) is 12.9 Å². The van der Waals surface area contributed by atoms with Crippen LogP contribution in [-0.2, 0) is 9.53 Å². The summed E-state index contributed by atoms with van der Waals surface area (Å²) >= 11 is 0. The highest BCUT2D eigenvalue weighted by atomic mass is 16.5. The molecule has 1 atom stereocenters. The Labute approximate surface area is 128 Å². The molecule has 1 rings (SSSR count). The minimum atomic E-state index is 0.143. The Morgan fingerprint density at radius 3 is 2.43 bits per heavy atom. The maximum Gasteiger partial charge on any atom is 0.133 e. The Morgan fingerprint density at radius 1 is 1.19 bits per heavy atom. The van der Waals surface area contributed by atoms with Crippen LogP contribution in [0.25, 0.3) is 6.08 Å². The Bertz CT molecular complexity index is 472. The van der Waals surface area contributed by atoms with Crippen LogP contribution in [0.4, 0.5) is 0 Å². The fraction of sp³-hybridized carbons (Fsp3) is 0.421. The summed E-state index contributed by atoms with van der Waals surface area (Å²) in [6, 6.07) is 10.1. The van der Waals surface area contributed by atoms with Gasteiger partial charge in [0.1, 0.15) is 5.78 Å². The molecular weight excluding hydrogens is 260 g/mol. The summed E-state index contributed by atoms with van der Waals surface area (Å²) in [7, 11) is 1.62. The molecule has 0 saturated carbocycles. The molecule has 0 fully saturated rings. The summed E-state index contributed by atoms with van der Waals surface area (Å²) in [4.78, 5) is 12.0. The largest absolute Gasteiger partial charge is 0.502 e. The van der Waals surface area contributed by atoms with Crippen LogP contribution in [0, 0.1) is 11.8 Å². The summed E-state index contributed by atoms with van der Waals surface area (Å²) < 4.78 is 5.16. The normalized spacial score (nSPS) is 12.6. The summed E-state index contributed by atoms with van der Waals surface area (Å²) in [5, 5.41) is 0. The SMILES string of the molecule is C=C(CC(/C=C/c1ccccc1)CC(=O)CC(C)C)OC. The second-order valence-electron chi connectivity index (χ2n) is 5.82. The minimum Gasteiger partial charge on any atom is -0.502 e. The summed E-state index contributed by atoms with van der Waals surface area (Å²) in [5.74, 6) is 1.57. The third-order valence-corrected chi connectivity index (χ3v) is 3.26. The second-order valence-corrected chi connectivity index (χ2v) is 5.82. The molecule has 0 amide bonds. The van der Waals surface area contributed by atoms with Crippen LogP contribution >= 0.6 is 0 Å². The number of rotatable bonds is 9. The monoisotopic (exact) mass is 286 g/mol. The van der Waals surface area contributed by atoms with E-state index in [4.69, 9.17) is 4.74 Å². The van der Waals surface area contributed by atoms with Crippen molar-refractivity contribution in [2.24, 2.45) is 11.8 Å². The van der Waals surface area contributed by atoms with Crippen LogP contribution in [0.15, 0.2) is 48.7 Å². The van der Waals surface area contributed by atoms with Gasteiger partial charge in [0, 0.05) is 19.3 Å². The number of hydrogen-bond donors (Lipinski definition) is 0. The number of allylic oxidation sites excluding steroid dienone is 2. The topological polar surface area (TPSA) is 26.3 Å². The molecule has 0 aromatic heterocycles. The number of ketones is 1. The van der Waals surface area contributed by atoms with Gasteiger partial charge >= 0.3 is 0 Å². The molecule has 0 aliphatic heterocycles. The van der Waals surface area contributed by atoms with Crippen LogP contribution in [-0.4, -0.2) is 12.9 Å². The van der Waals surface area contributed by atoms with Crippen LogP contribution in [0.3, 0.4) is 0 Å². The van der Waals surface area contributed by atoms with Gasteiger partial charge in [-0.05, 0) is 17.4 Å². The second kappa shape index (κ2) is 9.17. The lowest BCUT2D eigenvalue weighted by Crippen LogP contribution is -2.10. The van der Waals surface area contributed by atoms with E-state index < -0.39 is 0 Å². The highest BCUT2D eigenvalue weighted by Crippen LogP contribution is 2.20. The van der Waals surface area contributed by atoms with Gasteiger partial charge < -0.3 is 4.74 Å². The van der Waals surface area contributed by atoms with Crippen molar-refractivity contribution >= 4 is 11.9 Å². The van der Waals surface area contributed by atoms with E-state index >= 15 is 0 Å². The molecule has 0 spiro atoms. The maximum absolute atomic E-state index is 12.0.